The molecule has 1 aromatic heterocycles. The van der Waals surface area contributed by atoms with Crippen LogP contribution in [0.4, 0.5) is 24.8 Å². The Morgan fingerprint density at radius 3 is 2.40 bits per heavy atom. The molecule has 112 valence electrons. The molecule has 0 aromatic carbocycles. The van der Waals surface area contributed by atoms with Crippen molar-refractivity contribution >= 4 is 11.6 Å². The monoisotopic (exact) mass is 288 g/mol. The molecule has 7 heteroatoms. The highest BCUT2D eigenvalue weighted by Gasteiger charge is 2.36. The van der Waals surface area contributed by atoms with E-state index in [0.717, 1.165) is 19.3 Å². The first-order chi connectivity index (χ1) is 9.23. The number of hydrogen-bond acceptors (Lipinski definition) is 4. The molecule has 0 atom stereocenters. The van der Waals surface area contributed by atoms with Gasteiger partial charge < -0.3 is 10.6 Å². The van der Waals surface area contributed by atoms with Crippen LogP contribution in [0.15, 0.2) is 6.07 Å². The Bertz CT molecular complexity index is 479. The van der Waals surface area contributed by atoms with E-state index in [0.29, 0.717) is 13.1 Å². The van der Waals surface area contributed by atoms with Crippen LogP contribution in [0.1, 0.15) is 38.9 Å². The summed E-state index contributed by atoms with van der Waals surface area (Å²) in [6.45, 7) is 5.73. The SMILES string of the molecule is CCC1(C)CCN(c2cc(N)nc(C(F)(F)F)n2)CC1. The predicted molar refractivity (Wildman–Crippen MR) is 71.3 cm³/mol. The number of rotatable bonds is 2. The highest BCUT2D eigenvalue weighted by atomic mass is 19.4. The van der Waals surface area contributed by atoms with Gasteiger partial charge in [0.25, 0.3) is 0 Å². The van der Waals surface area contributed by atoms with E-state index < -0.39 is 12.0 Å². The number of aromatic nitrogens is 2. The Morgan fingerprint density at radius 2 is 1.90 bits per heavy atom. The molecule has 0 bridgehead atoms. The minimum absolute atomic E-state index is 0.147. The molecule has 1 aromatic rings. The summed E-state index contributed by atoms with van der Waals surface area (Å²) in [6, 6.07) is 1.41. The van der Waals surface area contributed by atoms with Crippen molar-refractivity contribution in [3.63, 3.8) is 0 Å². The van der Waals surface area contributed by atoms with E-state index in [1.807, 2.05) is 4.90 Å². The van der Waals surface area contributed by atoms with Crippen molar-refractivity contribution in [3.05, 3.63) is 11.9 Å². The van der Waals surface area contributed by atoms with Gasteiger partial charge in [0.15, 0.2) is 0 Å². The Balaban J connectivity index is 2.20. The van der Waals surface area contributed by atoms with Gasteiger partial charge in [-0.3, -0.25) is 0 Å². The molecule has 1 fully saturated rings. The van der Waals surface area contributed by atoms with Gasteiger partial charge in [-0.05, 0) is 18.3 Å². The third-order valence-electron chi connectivity index (χ3n) is 4.13. The van der Waals surface area contributed by atoms with Crippen molar-refractivity contribution in [2.45, 2.75) is 39.3 Å². The molecule has 0 amide bonds. The van der Waals surface area contributed by atoms with Crippen LogP contribution in [0.5, 0.6) is 0 Å². The first-order valence-corrected chi connectivity index (χ1v) is 6.70. The molecule has 0 unspecified atom stereocenters. The van der Waals surface area contributed by atoms with Gasteiger partial charge in [-0.2, -0.15) is 13.2 Å². The zero-order chi connectivity index (χ0) is 15.0. The second kappa shape index (κ2) is 5.10. The minimum Gasteiger partial charge on any atom is -0.384 e. The summed E-state index contributed by atoms with van der Waals surface area (Å²) in [4.78, 5) is 8.72. The second-order valence-electron chi connectivity index (χ2n) is 5.62. The van der Waals surface area contributed by atoms with E-state index >= 15 is 0 Å². The quantitative estimate of drug-likeness (QED) is 0.908. The number of nitrogen functional groups attached to an aromatic ring is 1. The average Bonchev–Trinajstić information content (AvgIpc) is 2.38. The second-order valence-corrected chi connectivity index (χ2v) is 5.62. The lowest BCUT2D eigenvalue weighted by Crippen LogP contribution is -2.39. The van der Waals surface area contributed by atoms with Crippen molar-refractivity contribution in [3.8, 4) is 0 Å². The highest BCUT2D eigenvalue weighted by Crippen LogP contribution is 2.36. The molecule has 1 saturated heterocycles. The van der Waals surface area contributed by atoms with E-state index in [2.05, 4.69) is 23.8 Å². The maximum Gasteiger partial charge on any atom is 0.451 e. The topological polar surface area (TPSA) is 55.0 Å². The van der Waals surface area contributed by atoms with Crippen molar-refractivity contribution < 1.29 is 13.2 Å². The number of alkyl halides is 3. The van der Waals surface area contributed by atoms with Crippen molar-refractivity contribution in [1.29, 1.82) is 0 Å². The van der Waals surface area contributed by atoms with Crippen LogP contribution in [-0.2, 0) is 6.18 Å². The number of piperidine rings is 1. The molecule has 2 heterocycles. The van der Waals surface area contributed by atoms with Crippen LogP contribution >= 0.6 is 0 Å². The molecule has 2 N–H and O–H groups in total. The van der Waals surface area contributed by atoms with Gasteiger partial charge in [-0.1, -0.05) is 20.3 Å². The number of hydrogen-bond donors (Lipinski definition) is 1. The molecule has 0 saturated carbocycles. The molecule has 2 rings (SSSR count). The Morgan fingerprint density at radius 1 is 1.30 bits per heavy atom. The third-order valence-corrected chi connectivity index (χ3v) is 4.13. The zero-order valence-corrected chi connectivity index (χ0v) is 11.7. The van der Waals surface area contributed by atoms with E-state index in [1.165, 1.54) is 6.07 Å². The smallest absolute Gasteiger partial charge is 0.384 e. The van der Waals surface area contributed by atoms with Gasteiger partial charge in [-0.25, -0.2) is 9.97 Å². The van der Waals surface area contributed by atoms with Gasteiger partial charge in [0, 0.05) is 19.2 Å². The minimum atomic E-state index is -4.57. The Labute approximate surface area is 116 Å². The van der Waals surface area contributed by atoms with Gasteiger partial charge in [0.2, 0.25) is 5.82 Å². The van der Waals surface area contributed by atoms with Crippen molar-refractivity contribution in [1.82, 2.24) is 9.97 Å². The molecular weight excluding hydrogens is 269 g/mol. The first-order valence-electron chi connectivity index (χ1n) is 6.70. The summed E-state index contributed by atoms with van der Waals surface area (Å²) in [6.07, 6.45) is -1.62. The fourth-order valence-electron chi connectivity index (χ4n) is 2.37. The molecule has 0 radical (unpaired) electrons. The van der Waals surface area contributed by atoms with E-state index in [1.54, 1.807) is 0 Å². The summed E-state index contributed by atoms with van der Waals surface area (Å²) >= 11 is 0. The van der Waals surface area contributed by atoms with Crippen LogP contribution < -0.4 is 10.6 Å². The lowest BCUT2D eigenvalue weighted by Gasteiger charge is -2.39. The molecule has 0 spiro atoms. The lowest BCUT2D eigenvalue weighted by atomic mass is 9.78. The summed E-state index contributed by atoms with van der Waals surface area (Å²) in [5.41, 5.74) is 5.73. The number of nitrogens with two attached hydrogens (primary N) is 1. The number of nitrogens with zero attached hydrogens (tertiary/aromatic N) is 3. The number of halogens is 3. The van der Waals surface area contributed by atoms with Crippen molar-refractivity contribution in [2.24, 2.45) is 5.41 Å². The van der Waals surface area contributed by atoms with E-state index in [-0.39, 0.29) is 17.1 Å². The summed E-state index contributed by atoms with van der Waals surface area (Å²) < 4.78 is 38.1. The van der Waals surface area contributed by atoms with E-state index in [4.69, 9.17) is 5.73 Å². The van der Waals surface area contributed by atoms with Crippen LogP contribution in [-0.4, -0.2) is 23.1 Å². The molecule has 1 aliphatic heterocycles. The largest absolute Gasteiger partial charge is 0.451 e. The highest BCUT2D eigenvalue weighted by molar-refractivity contribution is 5.47. The van der Waals surface area contributed by atoms with Crippen LogP contribution in [0, 0.1) is 5.41 Å². The van der Waals surface area contributed by atoms with Gasteiger partial charge in [0.05, 0.1) is 0 Å². The average molecular weight is 288 g/mol. The van der Waals surface area contributed by atoms with Gasteiger partial charge >= 0.3 is 6.18 Å². The fraction of sp³-hybridized carbons (Fsp3) is 0.692. The molecular formula is C13H19F3N4. The van der Waals surface area contributed by atoms with Crippen LogP contribution in [0.3, 0.4) is 0 Å². The Kier molecular flexibility index (Phi) is 3.80. The van der Waals surface area contributed by atoms with Crippen LogP contribution in [0.2, 0.25) is 0 Å². The number of anilines is 2. The van der Waals surface area contributed by atoms with Crippen molar-refractivity contribution in [2.75, 3.05) is 23.7 Å². The maximum atomic E-state index is 12.7. The van der Waals surface area contributed by atoms with E-state index in [9.17, 15) is 13.2 Å². The third kappa shape index (κ3) is 3.13. The Hall–Kier alpha value is -1.53. The summed E-state index contributed by atoms with van der Waals surface area (Å²) in [5, 5.41) is 0. The first kappa shape index (κ1) is 14.9. The predicted octanol–water partition coefficient (Wildman–Crippen LogP) is 3.09. The molecule has 4 nitrogen and oxygen atoms in total. The summed E-state index contributed by atoms with van der Waals surface area (Å²) in [7, 11) is 0. The lowest BCUT2D eigenvalue weighted by molar-refractivity contribution is -0.144. The normalized spacial score (nSPS) is 19.1. The molecule has 0 aliphatic carbocycles. The zero-order valence-electron chi connectivity index (χ0n) is 11.7. The standard InChI is InChI=1S/C13H19F3N4/c1-3-12(2)4-6-20(7-5-12)10-8-9(17)18-11(19-10)13(14,15)16/h8H,3-7H2,1-2H3,(H2,17,18,19). The summed E-state index contributed by atoms with van der Waals surface area (Å²) in [5.74, 6) is -1.05. The fourth-order valence-corrected chi connectivity index (χ4v) is 2.37. The van der Waals surface area contributed by atoms with Crippen LogP contribution in [0.25, 0.3) is 0 Å². The molecule has 1 aliphatic rings. The van der Waals surface area contributed by atoms with Gasteiger partial charge in [-0.15, -0.1) is 0 Å². The maximum absolute atomic E-state index is 12.7. The molecule has 20 heavy (non-hydrogen) atoms. The van der Waals surface area contributed by atoms with Gasteiger partial charge in [0.1, 0.15) is 11.6 Å².